The number of anilines is 1. The summed E-state index contributed by atoms with van der Waals surface area (Å²) < 4.78 is 0.598. The lowest BCUT2D eigenvalue weighted by atomic mass is 10.3. The van der Waals surface area contributed by atoms with E-state index in [4.69, 9.17) is 5.73 Å². The molecule has 0 aliphatic carbocycles. The van der Waals surface area contributed by atoms with Gasteiger partial charge in [-0.1, -0.05) is 0 Å². The Kier molecular flexibility index (Phi) is 5.07. The maximum absolute atomic E-state index is 11.4. The van der Waals surface area contributed by atoms with Crippen LogP contribution in [0.15, 0.2) is 42.7 Å². The number of nitrogen functional groups attached to an aromatic ring is 1. The number of aromatic nitrogens is 6. The first kappa shape index (κ1) is 20.5. The van der Waals surface area contributed by atoms with Crippen molar-refractivity contribution in [3.8, 4) is 0 Å². The number of nitrogens with two attached hydrogens (primary N) is 1. The molecule has 0 saturated heterocycles. The summed E-state index contributed by atoms with van der Waals surface area (Å²) in [5.74, 6) is -0.517. The molecule has 0 amide bonds. The molecule has 31 heavy (non-hydrogen) atoms. The summed E-state index contributed by atoms with van der Waals surface area (Å²) in [6.07, 6.45) is 0.793. The molecule has 0 atom stereocenters. The first-order chi connectivity index (χ1) is 14.6. The van der Waals surface area contributed by atoms with E-state index < -0.39 is 15.8 Å². The first-order valence-corrected chi connectivity index (χ1v) is 7.93. The van der Waals surface area contributed by atoms with Gasteiger partial charge in [0.2, 0.25) is 15.7 Å². The molecule has 0 spiro atoms. The van der Waals surface area contributed by atoms with Crippen molar-refractivity contribution >= 4 is 39.4 Å². The zero-order valence-corrected chi connectivity index (χ0v) is 15.0. The Morgan fingerprint density at radius 3 is 1.84 bits per heavy atom. The molecule has 0 radical (unpaired) electrons. The largest absolute Gasteiger partial charge is 0.739 e. The van der Waals surface area contributed by atoms with Crippen molar-refractivity contribution in [1.29, 1.82) is 0 Å². The Hall–Kier alpha value is -5.22. The molecule has 0 aliphatic heterocycles. The zero-order valence-electron chi connectivity index (χ0n) is 15.0. The van der Waals surface area contributed by atoms with Crippen LogP contribution < -0.4 is 24.9 Å². The number of fused-ring (bicyclic) bond motifs is 2. The number of hydrogen-bond acceptors (Lipinski definition) is 11. The Morgan fingerprint density at radius 1 is 0.774 bits per heavy atom. The topological polar surface area (TPSA) is 246 Å². The number of nitro groups is 2. The average Bonchev–Trinajstić information content (AvgIpc) is 2.74. The van der Waals surface area contributed by atoms with E-state index in [2.05, 4.69) is 10.2 Å². The molecule has 4 aromatic rings. The fourth-order valence-electron chi connectivity index (χ4n) is 2.44. The van der Waals surface area contributed by atoms with Gasteiger partial charge in [-0.3, -0.25) is 26.0 Å². The van der Waals surface area contributed by atoms with Crippen LogP contribution in [0.5, 0.6) is 0 Å². The Morgan fingerprint density at radius 2 is 1.29 bits per heavy atom. The molecule has 158 valence electrons. The van der Waals surface area contributed by atoms with E-state index in [1.165, 1.54) is 6.07 Å². The fraction of sp³-hybridized carbons (Fsp3) is 0. The first-order valence-electron chi connectivity index (χ1n) is 7.93. The molecule has 0 aliphatic rings. The monoisotopic (exact) mass is 431 g/mol. The molecule has 17 heteroatoms. The highest BCUT2D eigenvalue weighted by atomic mass is 16.6. The zero-order chi connectivity index (χ0) is 22.9. The Labute approximate surface area is 169 Å². The van der Waals surface area contributed by atoms with E-state index >= 15 is 0 Å². The summed E-state index contributed by atoms with van der Waals surface area (Å²) in [6.45, 7) is 0. The third-order valence-corrected chi connectivity index (χ3v) is 3.87. The highest BCUT2D eigenvalue weighted by Gasteiger charge is 2.20. The predicted molar refractivity (Wildman–Crippen MR) is 97.0 cm³/mol. The molecule has 0 unspecified atom stereocenters. The third kappa shape index (κ3) is 3.85. The van der Waals surface area contributed by atoms with Crippen LogP contribution in [0.3, 0.4) is 0 Å². The number of benzene rings is 2. The van der Waals surface area contributed by atoms with Gasteiger partial charge in [-0.15, -0.1) is 0 Å². The molecule has 0 bridgehead atoms. The van der Waals surface area contributed by atoms with E-state index in [0.717, 1.165) is 36.7 Å². The van der Waals surface area contributed by atoms with Gasteiger partial charge in [0, 0.05) is 17.0 Å². The molecular weight excluding hydrogens is 422 g/mol. The van der Waals surface area contributed by atoms with Gasteiger partial charge in [0.05, 0.1) is 26.8 Å². The molecule has 0 saturated carbocycles. The predicted octanol–water partition coefficient (Wildman–Crippen LogP) is -1.60. The quantitative estimate of drug-likeness (QED) is 0.164. The van der Waals surface area contributed by atoms with Crippen LogP contribution in [0.25, 0.3) is 22.1 Å². The second kappa shape index (κ2) is 7.66. The number of rotatable bonds is 2. The van der Waals surface area contributed by atoms with Crippen LogP contribution in [0.1, 0.15) is 0 Å². The van der Waals surface area contributed by atoms with E-state index in [1.54, 1.807) is 0 Å². The summed E-state index contributed by atoms with van der Waals surface area (Å²) in [4.78, 5) is 19.8. The van der Waals surface area contributed by atoms with Crippen LogP contribution >= 0.6 is 0 Å². The molecule has 0 fully saturated rings. The summed E-state index contributed by atoms with van der Waals surface area (Å²) in [5.41, 5.74) is 4.21. The molecule has 2 heterocycles. The smallest absolute Gasteiger partial charge is 0.458 e. The van der Waals surface area contributed by atoms with Crippen molar-refractivity contribution in [3.63, 3.8) is 0 Å². The lowest BCUT2D eigenvalue weighted by Crippen LogP contribution is -2.44. The Balaban J connectivity index is 0.000000176. The van der Waals surface area contributed by atoms with Crippen LogP contribution in [0.2, 0.25) is 0 Å². The molecular formula is C14H9N9O8. The summed E-state index contributed by atoms with van der Waals surface area (Å²) in [5, 5.41) is 72.2. The van der Waals surface area contributed by atoms with E-state index in [1.807, 2.05) is 0 Å². The van der Waals surface area contributed by atoms with Crippen LogP contribution in [-0.4, -0.2) is 20.0 Å². The second-order valence-corrected chi connectivity index (χ2v) is 5.72. The van der Waals surface area contributed by atoms with Crippen LogP contribution in [-0.2, 0) is 0 Å². The van der Waals surface area contributed by atoms with E-state index in [0.29, 0.717) is 4.73 Å². The van der Waals surface area contributed by atoms with Gasteiger partial charge in [-0.05, 0) is 12.1 Å². The van der Waals surface area contributed by atoms with Crippen LogP contribution in [0, 0.1) is 41.1 Å². The van der Waals surface area contributed by atoms with E-state index in [9.17, 15) is 41.1 Å². The summed E-state index contributed by atoms with van der Waals surface area (Å²) in [6, 6.07) is 6.57. The standard InChI is InChI=1S/C7H5N5O4.C7H4N4O4/c8-7-9-11(14)6-3-4(12(15)16)1-2-5(6)10(7)13;12-9-4-8-10(13)7-3-5(11(14)15)1-2-6(7)9/h1-3H,(H2,8,9);1-4H. The molecule has 17 nitrogen and oxygen atoms in total. The highest BCUT2D eigenvalue weighted by molar-refractivity contribution is 5.71. The average molecular weight is 431 g/mol. The number of nitro benzene ring substituents is 2. The number of nitrogens with zero attached hydrogens (tertiary/aromatic N) is 8. The van der Waals surface area contributed by atoms with Crippen molar-refractivity contribution < 1.29 is 29.0 Å². The summed E-state index contributed by atoms with van der Waals surface area (Å²) in [7, 11) is 0. The van der Waals surface area contributed by atoms with E-state index in [-0.39, 0.29) is 47.9 Å². The minimum absolute atomic E-state index is 0.0330. The van der Waals surface area contributed by atoms with Crippen LogP contribution in [0.4, 0.5) is 17.3 Å². The van der Waals surface area contributed by atoms with Crippen molar-refractivity contribution in [2.24, 2.45) is 0 Å². The van der Waals surface area contributed by atoms with Gasteiger partial charge in [0.1, 0.15) is 0 Å². The van der Waals surface area contributed by atoms with Gasteiger partial charge in [0.15, 0.2) is 5.52 Å². The molecule has 2 N–H and O–H groups in total. The van der Waals surface area contributed by atoms with Gasteiger partial charge < -0.3 is 20.8 Å². The van der Waals surface area contributed by atoms with Gasteiger partial charge >= 0.3 is 23.3 Å². The number of non-ortho nitro benzene ring substituents is 2. The second-order valence-electron chi connectivity index (χ2n) is 5.72. The van der Waals surface area contributed by atoms with Crippen molar-refractivity contribution in [2.45, 2.75) is 0 Å². The van der Waals surface area contributed by atoms with Gasteiger partial charge in [-0.2, -0.15) is 0 Å². The highest BCUT2D eigenvalue weighted by Crippen LogP contribution is 2.16. The normalized spacial score (nSPS) is 10.5. The maximum Gasteiger partial charge on any atom is 0.458 e. The minimum atomic E-state index is -0.676. The SMILES string of the molecule is Nc1n[n+]([O-])c2cc([N+](=O)[O-])ccc2[n+]1[O-].O=[N+]([O-])c1ccc2c(c1)[n+]([O-])nc[n+]2[O-]. The van der Waals surface area contributed by atoms with Crippen molar-refractivity contribution in [3.05, 3.63) is 83.8 Å². The lowest BCUT2D eigenvalue weighted by Gasteiger charge is -2.06. The van der Waals surface area contributed by atoms with Crippen molar-refractivity contribution in [1.82, 2.24) is 10.2 Å². The molecule has 2 aromatic heterocycles. The fourth-order valence-corrected chi connectivity index (χ4v) is 2.44. The third-order valence-electron chi connectivity index (χ3n) is 3.87. The molecule has 4 rings (SSSR count). The maximum atomic E-state index is 11.4. The Bertz CT molecular complexity index is 1360. The molecule has 2 aromatic carbocycles. The van der Waals surface area contributed by atoms with Gasteiger partial charge in [-0.25, -0.2) is 9.46 Å². The van der Waals surface area contributed by atoms with Crippen molar-refractivity contribution in [2.75, 3.05) is 5.73 Å². The minimum Gasteiger partial charge on any atom is -0.739 e. The lowest BCUT2D eigenvalue weighted by molar-refractivity contribution is -0.680. The number of hydrogen-bond donors (Lipinski definition) is 1. The summed E-state index contributed by atoms with van der Waals surface area (Å²) >= 11 is 0. The van der Waals surface area contributed by atoms with Gasteiger partial charge in [0.25, 0.3) is 11.4 Å².